The third-order valence-corrected chi connectivity index (χ3v) is 5.77. The lowest BCUT2D eigenvalue weighted by molar-refractivity contribution is -0.117. The third-order valence-electron chi connectivity index (χ3n) is 5.16. The molecule has 1 aromatic carbocycles. The average molecular weight is 521 g/mol. The maximum absolute atomic E-state index is 12.6. The van der Waals surface area contributed by atoms with E-state index in [0.717, 1.165) is 37.7 Å². The Balaban J connectivity index is 0.000000497. The second kappa shape index (κ2) is 13.8. The van der Waals surface area contributed by atoms with Crippen molar-refractivity contribution in [2.75, 3.05) is 52.5 Å². The van der Waals surface area contributed by atoms with E-state index in [-0.39, 0.29) is 10.9 Å². The van der Waals surface area contributed by atoms with Gasteiger partial charge in [0.05, 0.1) is 63.1 Å². The molecule has 0 radical (unpaired) electrons. The first-order valence-corrected chi connectivity index (χ1v) is 11.8. The lowest BCUT2D eigenvalue weighted by Gasteiger charge is -2.23. The number of hydrogen-bond donors (Lipinski definition) is 3. The highest BCUT2D eigenvalue weighted by atomic mass is 35.5. The van der Waals surface area contributed by atoms with Crippen molar-refractivity contribution in [1.82, 2.24) is 15.6 Å². The highest BCUT2D eigenvalue weighted by Crippen LogP contribution is 2.33. The minimum absolute atomic E-state index is 0.237. The van der Waals surface area contributed by atoms with Crippen molar-refractivity contribution in [3.8, 4) is 11.5 Å². The molecule has 0 saturated carbocycles. The molecule has 2 aliphatic rings. The van der Waals surface area contributed by atoms with E-state index in [9.17, 15) is 4.79 Å². The van der Waals surface area contributed by atoms with Gasteiger partial charge in [-0.3, -0.25) is 9.78 Å². The summed E-state index contributed by atoms with van der Waals surface area (Å²) in [5.74, 6) is 0.898. The summed E-state index contributed by atoms with van der Waals surface area (Å²) < 4.78 is 20.6. The number of pyridine rings is 1. The molecule has 1 amide bonds. The number of nitrogens with one attached hydrogen (secondary N) is 3. The molecule has 35 heavy (non-hydrogen) atoms. The van der Waals surface area contributed by atoms with Crippen LogP contribution in [0.5, 0.6) is 11.5 Å². The van der Waals surface area contributed by atoms with Crippen LogP contribution in [0.15, 0.2) is 47.9 Å². The topological polar surface area (TPSA) is 103 Å². The molecule has 1 saturated heterocycles. The van der Waals surface area contributed by atoms with Crippen molar-refractivity contribution in [3.63, 3.8) is 0 Å². The van der Waals surface area contributed by atoms with E-state index < -0.39 is 0 Å². The highest BCUT2D eigenvalue weighted by molar-refractivity contribution is 7.81. The average Bonchev–Trinajstić information content (AvgIpc) is 2.89. The van der Waals surface area contributed by atoms with Crippen molar-refractivity contribution in [2.24, 2.45) is 0 Å². The number of rotatable bonds is 7. The molecule has 9 nitrogen and oxygen atoms in total. The summed E-state index contributed by atoms with van der Waals surface area (Å²) in [6.07, 6.45) is 3.97. The molecule has 1 aromatic heterocycles. The maximum Gasteiger partial charge on any atom is 0.256 e. The summed E-state index contributed by atoms with van der Waals surface area (Å²) >= 11 is 11.7. The highest BCUT2D eigenvalue weighted by Gasteiger charge is 2.25. The minimum Gasteiger partial charge on any atom is -0.495 e. The Kier molecular flexibility index (Phi) is 10.5. The van der Waals surface area contributed by atoms with Gasteiger partial charge in [0.25, 0.3) is 5.91 Å². The predicted octanol–water partition coefficient (Wildman–Crippen LogP) is 3.09. The number of halogens is 1. The fraction of sp³-hybridized carbons (Fsp3) is 0.375. The molecule has 0 aliphatic carbocycles. The molecule has 2 aromatic rings. The smallest absolute Gasteiger partial charge is 0.256 e. The molecule has 0 bridgehead atoms. The van der Waals surface area contributed by atoms with Gasteiger partial charge in [-0.15, -0.1) is 0 Å². The fourth-order valence-corrected chi connectivity index (χ4v) is 4.03. The van der Waals surface area contributed by atoms with Gasteiger partial charge in [0.2, 0.25) is 0 Å². The molecule has 0 unspecified atom stereocenters. The molecule has 0 spiro atoms. The Bertz CT molecular complexity index is 1050. The number of carbonyl (C=O) groups is 1. The summed E-state index contributed by atoms with van der Waals surface area (Å²) in [5, 5.41) is 9.69. The second-order valence-electron chi connectivity index (χ2n) is 7.40. The number of anilines is 1. The molecule has 4 rings (SSSR count). The lowest BCUT2D eigenvalue weighted by atomic mass is 10.1. The van der Waals surface area contributed by atoms with Crippen molar-refractivity contribution in [1.29, 1.82) is 0 Å². The van der Waals surface area contributed by atoms with Crippen molar-refractivity contribution in [2.45, 2.75) is 13.0 Å². The van der Waals surface area contributed by atoms with Crippen LogP contribution in [0.2, 0.25) is 5.02 Å². The number of aromatic nitrogens is 1. The quantitative estimate of drug-likeness (QED) is 0.475. The van der Waals surface area contributed by atoms with Gasteiger partial charge in [-0.1, -0.05) is 29.9 Å². The van der Waals surface area contributed by atoms with E-state index in [1.807, 2.05) is 6.07 Å². The van der Waals surface area contributed by atoms with Gasteiger partial charge in [0.1, 0.15) is 10.7 Å². The Hall–Kier alpha value is -2.92. The van der Waals surface area contributed by atoms with Gasteiger partial charge in [0, 0.05) is 37.0 Å². The summed E-state index contributed by atoms with van der Waals surface area (Å²) in [5.41, 5.74) is 2.66. The van der Waals surface area contributed by atoms with Crippen molar-refractivity contribution in [3.05, 3.63) is 58.5 Å². The van der Waals surface area contributed by atoms with Crippen LogP contribution in [0.25, 0.3) is 0 Å². The third kappa shape index (κ3) is 7.53. The van der Waals surface area contributed by atoms with Gasteiger partial charge in [-0.2, -0.15) is 0 Å². The number of carbonyl (C=O) groups excluding carboxylic acids is 1. The van der Waals surface area contributed by atoms with Crippen molar-refractivity contribution >= 4 is 40.4 Å². The van der Waals surface area contributed by atoms with Crippen LogP contribution in [0.3, 0.4) is 0 Å². The zero-order valence-electron chi connectivity index (χ0n) is 19.7. The summed E-state index contributed by atoms with van der Waals surface area (Å²) in [7, 11) is 3.12. The predicted molar refractivity (Wildman–Crippen MR) is 138 cm³/mol. The molecule has 3 N–H and O–H groups in total. The number of amides is 1. The van der Waals surface area contributed by atoms with Crippen LogP contribution >= 0.6 is 23.8 Å². The zero-order valence-corrected chi connectivity index (χ0v) is 21.3. The van der Waals surface area contributed by atoms with E-state index >= 15 is 0 Å². The van der Waals surface area contributed by atoms with Crippen LogP contribution in [-0.4, -0.2) is 63.1 Å². The second-order valence-corrected chi connectivity index (χ2v) is 8.22. The Labute approximate surface area is 215 Å². The van der Waals surface area contributed by atoms with Crippen LogP contribution in [0.4, 0.5) is 5.69 Å². The van der Waals surface area contributed by atoms with Crippen LogP contribution in [-0.2, 0) is 20.8 Å². The minimum atomic E-state index is -0.237. The molecule has 188 valence electrons. The van der Waals surface area contributed by atoms with Crippen LogP contribution in [0, 0.1) is 0 Å². The first-order valence-electron chi connectivity index (χ1n) is 11.1. The number of methoxy groups -OCH3 is 2. The summed E-state index contributed by atoms with van der Waals surface area (Å²) in [6.45, 7) is 4.11. The van der Waals surface area contributed by atoms with E-state index in [1.165, 1.54) is 7.11 Å². The molecule has 11 heteroatoms. The van der Waals surface area contributed by atoms with E-state index in [0.29, 0.717) is 47.3 Å². The van der Waals surface area contributed by atoms with Crippen molar-refractivity contribution < 1.29 is 23.7 Å². The molecule has 2 aliphatic heterocycles. The van der Waals surface area contributed by atoms with Crippen LogP contribution < -0.4 is 25.4 Å². The number of hydrogen-bond acceptors (Lipinski definition) is 8. The molecular formula is C24H29ClN4O5S. The molecule has 3 heterocycles. The standard InChI is InChI=1S/C20H21ClN4O3S.C4H8O2/c1-27-16-11-22-8-6-12(16)10-24-14-7-9-23-19(26)17(14)20(29)25-15-5-3-4-13(21)18(15)28-2;1-2-6-4-3-5-1/h3-6,8,11,24H,7,9-10H2,1-2H3,(H,23,26)(H,25,29);1-4H2. The first-order chi connectivity index (χ1) is 17.0. The Morgan fingerprint density at radius 1 is 1.17 bits per heavy atom. The monoisotopic (exact) mass is 520 g/mol. The fourth-order valence-electron chi connectivity index (χ4n) is 3.45. The van der Waals surface area contributed by atoms with Gasteiger partial charge in [-0.25, -0.2) is 0 Å². The summed E-state index contributed by atoms with van der Waals surface area (Å²) in [6, 6.07) is 7.14. The molecular weight excluding hydrogens is 492 g/mol. The number of para-hydroxylation sites is 1. The number of ether oxygens (including phenoxy) is 4. The summed E-state index contributed by atoms with van der Waals surface area (Å²) in [4.78, 5) is 16.9. The van der Waals surface area contributed by atoms with Gasteiger partial charge in [-0.05, 0) is 18.2 Å². The Morgan fingerprint density at radius 3 is 2.57 bits per heavy atom. The number of benzene rings is 1. The SMILES string of the molecule is C1COCCO1.COc1cnccc1CNC1=C(C(=S)Nc2cccc(Cl)c2OC)C(=O)NCC1. The maximum atomic E-state index is 12.6. The van der Waals surface area contributed by atoms with E-state index in [1.54, 1.807) is 37.7 Å². The van der Waals surface area contributed by atoms with Crippen LogP contribution in [0.1, 0.15) is 12.0 Å². The van der Waals surface area contributed by atoms with E-state index in [2.05, 4.69) is 20.9 Å². The molecule has 0 atom stereocenters. The van der Waals surface area contributed by atoms with Gasteiger partial charge >= 0.3 is 0 Å². The first kappa shape index (κ1) is 26.7. The lowest BCUT2D eigenvalue weighted by Crippen LogP contribution is -2.39. The number of thiocarbonyl (C=S) groups is 1. The molecule has 1 fully saturated rings. The number of nitrogens with zero attached hydrogens (tertiary/aromatic N) is 1. The normalized spacial score (nSPS) is 15.3. The van der Waals surface area contributed by atoms with Gasteiger partial charge in [0.15, 0.2) is 5.75 Å². The largest absolute Gasteiger partial charge is 0.495 e. The van der Waals surface area contributed by atoms with Gasteiger partial charge < -0.3 is 34.9 Å². The zero-order chi connectivity index (χ0) is 25.0. The van der Waals surface area contributed by atoms with E-state index in [4.69, 9.17) is 42.8 Å². The Morgan fingerprint density at radius 2 is 1.91 bits per heavy atom.